The number of rotatable bonds is 4. The second-order valence-corrected chi connectivity index (χ2v) is 7.50. The smallest absolute Gasteiger partial charge is 0.211 e. The average molecular weight is 321 g/mol. The third-order valence-corrected chi connectivity index (χ3v) is 5.05. The number of sulfonamides is 1. The fraction of sp³-hybridized carbons (Fsp3) is 0.538. The molecule has 0 aromatic heterocycles. The van der Waals surface area contributed by atoms with Crippen LogP contribution in [0.25, 0.3) is 0 Å². The highest BCUT2D eigenvalue weighted by atomic mass is 35.5. The van der Waals surface area contributed by atoms with Gasteiger partial charge in [0.25, 0.3) is 0 Å². The van der Waals surface area contributed by atoms with Crippen molar-refractivity contribution in [1.82, 2.24) is 4.31 Å². The van der Waals surface area contributed by atoms with Crippen molar-refractivity contribution in [3.63, 3.8) is 0 Å². The Balaban J connectivity index is 1.95. The fourth-order valence-corrected chi connectivity index (χ4v) is 3.51. The minimum atomic E-state index is -3.15. The Morgan fingerprint density at radius 1 is 1.50 bits per heavy atom. The molecule has 1 aromatic carbocycles. The van der Waals surface area contributed by atoms with Crippen molar-refractivity contribution in [3.8, 4) is 0 Å². The monoisotopic (exact) mass is 320 g/mol. The predicted molar refractivity (Wildman–Crippen MR) is 79.0 cm³/mol. The second kappa shape index (κ2) is 6.28. The van der Waals surface area contributed by atoms with E-state index >= 15 is 0 Å². The molecule has 1 saturated heterocycles. The summed E-state index contributed by atoms with van der Waals surface area (Å²) in [6.07, 6.45) is 2.98. The summed E-state index contributed by atoms with van der Waals surface area (Å²) in [5, 5.41) is 3.09. The number of benzene rings is 1. The maximum Gasteiger partial charge on any atom is 0.211 e. The third kappa shape index (κ3) is 3.84. The van der Waals surface area contributed by atoms with Gasteiger partial charge in [0.1, 0.15) is 0 Å². The highest BCUT2D eigenvalue weighted by Gasteiger charge is 2.25. The number of hydrogen-bond acceptors (Lipinski definition) is 3. The van der Waals surface area contributed by atoms with Gasteiger partial charge in [0.05, 0.1) is 17.0 Å². The van der Waals surface area contributed by atoms with Crippen LogP contribution in [0.1, 0.15) is 12.8 Å². The first-order valence-electron chi connectivity index (χ1n) is 6.51. The van der Waals surface area contributed by atoms with E-state index in [2.05, 4.69) is 5.32 Å². The summed E-state index contributed by atoms with van der Waals surface area (Å²) in [7, 11) is -3.15. The van der Waals surface area contributed by atoms with Crippen LogP contribution >= 0.6 is 11.6 Å². The van der Waals surface area contributed by atoms with E-state index in [0.717, 1.165) is 12.8 Å². The first-order valence-corrected chi connectivity index (χ1v) is 8.73. The van der Waals surface area contributed by atoms with Crippen LogP contribution in [0.3, 0.4) is 0 Å². The number of nitrogens with zero attached hydrogens (tertiary/aromatic N) is 1. The number of piperidine rings is 1. The summed E-state index contributed by atoms with van der Waals surface area (Å²) in [4.78, 5) is 0. The molecule has 0 bridgehead atoms. The van der Waals surface area contributed by atoms with E-state index in [0.29, 0.717) is 25.3 Å². The molecule has 1 fully saturated rings. The van der Waals surface area contributed by atoms with Crippen LogP contribution in [0.4, 0.5) is 10.1 Å². The molecule has 2 rings (SSSR count). The van der Waals surface area contributed by atoms with E-state index < -0.39 is 15.8 Å². The van der Waals surface area contributed by atoms with Gasteiger partial charge in [-0.2, -0.15) is 0 Å². The molecule has 0 saturated carbocycles. The summed E-state index contributed by atoms with van der Waals surface area (Å²) in [5.41, 5.74) is 0.356. The van der Waals surface area contributed by atoms with Gasteiger partial charge in [-0.1, -0.05) is 17.7 Å². The number of anilines is 1. The lowest BCUT2D eigenvalue weighted by molar-refractivity contribution is 0.276. The molecule has 20 heavy (non-hydrogen) atoms. The number of hydrogen-bond donors (Lipinski definition) is 1. The number of halogens is 2. The fourth-order valence-electron chi connectivity index (χ4n) is 2.39. The lowest BCUT2D eigenvalue weighted by atomic mass is 9.99. The van der Waals surface area contributed by atoms with Gasteiger partial charge in [-0.25, -0.2) is 17.1 Å². The van der Waals surface area contributed by atoms with Crippen molar-refractivity contribution in [2.24, 2.45) is 5.92 Å². The first kappa shape index (κ1) is 15.5. The van der Waals surface area contributed by atoms with Gasteiger partial charge >= 0.3 is 0 Å². The second-order valence-electron chi connectivity index (χ2n) is 5.11. The largest absolute Gasteiger partial charge is 0.382 e. The Bertz CT molecular complexity index is 580. The van der Waals surface area contributed by atoms with Gasteiger partial charge in [0, 0.05) is 19.6 Å². The molecule has 0 spiro atoms. The van der Waals surface area contributed by atoms with E-state index in [9.17, 15) is 12.8 Å². The Kier molecular flexibility index (Phi) is 4.88. The van der Waals surface area contributed by atoms with Crippen LogP contribution in [-0.4, -0.2) is 38.6 Å². The van der Waals surface area contributed by atoms with Gasteiger partial charge in [-0.15, -0.1) is 0 Å². The molecule has 1 atom stereocenters. The molecule has 112 valence electrons. The van der Waals surface area contributed by atoms with Gasteiger partial charge in [0.15, 0.2) is 5.82 Å². The van der Waals surface area contributed by atoms with Crippen LogP contribution in [0.15, 0.2) is 18.2 Å². The predicted octanol–water partition coefficient (Wildman–Crippen LogP) is 2.56. The summed E-state index contributed by atoms with van der Waals surface area (Å²) < 4.78 is 38.3. The molecule has 0 amide bonds. The van der Waals surface area contributed by atoms with E-state index in [-0.39, 0.29) is 10.9 Å². The van der Waals surface area contributed by atoms with Crippen molar-refractivity contribution in [2.75, 3.05) is 31.2 Å². The Labute approximate surface area is 124 Å². The summed E-state index contributed by atoms with van der Waals surface area (Å²) in [5.74, 6) is -0.290. The molecule has 1 unspecified atom stereocenters. The van der Waals surface area contributed by atoms with Gasteiger partial charge < -0.3 is 5.32 Å². The van der Waals surface area contributed by atoms with Crippen molar-refractivity contribution in [3.05, 3.63) is 29.0 Å². The van der Waals surface area contributed by atoms with Crippen LogP contribution in [0, 0.1) is 11.7 Å². The zero-order valence-corrected chi connectivity index (χ0v) is 12.8. The molecule has 1 aromatic rings. The van der Waals surface area contributed by atoms with Crippen molar-refractivity contribution in [2.45, 2.75) is 12.8 Å². The standard InChI is InChI=1S/C13H18ClFN2O2S/c1-20(18,19)17-7-3-4-10(9-17)8-16-12-6-2-5-11(14)13(12)15/h2,5-6,10,16H,3-4,7-9H2,1H3. The van der Waals surface area contributed by atoms with E-state index in [1.165, 1.54) is 16.6 Å². The molecule has 1 N–H and O–H groups in total. The lowest BCUT2D eigenvalue weighted by Gasteiger charge is -2.31. The van der Waals surface area contributed by atoms with E-state index in [1.807, 2.05) is 0 Å². The molecule has 1 aliphatic rings. The minimum absolute atomic E-state index is 0.0800. The van der Waals surface area contributed by atoms with Crippen molar-refractivity contribution >= 4 is 27.3 Å². The van der Waals surface area contributed by atoms with Crippen LogP contribution in [-0.2, 0) is 10.0 Å². The van der Waals surface area contributed by atoms with E-state index in [4.69, 9.17) is 11.6 Å². The molecular formula is C13H18ClFN2O2S. The summed E-state index contributed by atoms with van der Waals surface area (Å²) in [6.45, 7) is 1.58. The maximum atomic E-state index is 13.7. The van der Waals surface area contributed by atoms with Crippen LogP contribution in [0.2, 0.25) is 5.02 Å². The van der Waals surface area contributed by atoms with Crippen molar-refractivity contribution in [1.29, 1.82) is 0 Å². The highest BCUT2D eigenvalue weighted by Crippen LogP contribution is 2.24. The molecule has 1 aliphatic heterocycles. The maximum absolute atomic E-state index is 13.7. The summed E-state index contributed by atoms with van der Waals surface area (Å²) in [6, 6.07) is 4.80. The normalized spacial score (nSPS) is 20.9. The molecule has 0 radical (unpaired) electrons. The third-order valence-electron chi connectivity index (χ3n) is 3.48. The quantitative estimate of drug-likeness (QED) is 0.927. The SMILES string of the molecule is CS(=O)(=O)N1CCCC(CNc2cccc(Cl)c2F)C1. The first-order chi connectivity index (χ1) is 9.38. The van der Waals surface area contributed by atoms with Gasteiger partial charge in [-0.3, -0.25) is 0 Å². The molecular weight excluding hydrogens is 303 g/mol. The highest BCUT2D eigenvalue weighted by molar-refractivity contribution is 7.88. The Morgan fingerprint density at radius 2 is 2.25 bits per heavy atom. The molecule has 0 aliphatic carbocycles. The zero-order valence-electron chi connectivity index (χ0n) is 11.3. The van der Waals surface area contributed by atoms with E-state index in [1.54, 1.807) is 12.1 Å². The lowest BCUT2D eigenvalue weighted by Crippen LogP contribution is -2.41. The molecule has 7 heteroatoms. The van der Waals surface area contributed by atoms with Crippen molar-refractivity contribution < 1.29 is 12.8 Å². The molecule has 4 nitrogen and oxygen atoms in total. The molecule has 1 heterocycles. The average Bonchev–Trinajstić information content (AvgIpc) is 2.40. The van der Waals surface area contributed by atoms with Gasteiger partial charge in [0.2, 0.25) is 10.0 Å². The topological polar surface area (TPSA) is 49.4 Å². The Hall–Kier alpha value is -0.850. The van der Waals surface area contributed by atoms with Gasteiger partial charge in [-0.05, 0) is 30.9 Å². The van der Waals surface area contributed by atoms with Crippen LogP contribution in [0.5, 0.6) is 0 Å². The number of nitrogens with one attached hydrogen (secondary N) is 1. The van der Waals surface area contributed by atoms with Crippen LogP contribution < -0.4 is 5.32 Å². The summed E-state index contributed by atoms with van der Waals surface area (Å²) >= 11 is 5.72. The zero-order chi connectivity index (χ0) is 14.8. The Morgan fingerprint density at radius 3 is 2.95 bits per heavy atom. The minimum Gasteiger partial charge on any atom is -0.382 e.